The summed E-state index contributed by atoms with van der Waals surface area (Å²) in [7, 11) is 0. The Kier molecular flexibility index (Phi) is 5.10. The van der Waals surface area contributed by atoms with Gasteiger partial charge in [-0.05, 0) is 0 Å². The van der Waals surface area contributed by atoms with Crippen molar-refractivity contribution in [3.63, 3.8) is 0 Å². The van der Waals surface area contributed by atoms with E-state index in [-0.39, 0.29) is 14.5 Å². The summed E-state index contributed by atoms with van der Waals surface area (Å²) in [6, 6.07) is 30.4. The van der Waals surface area contributed by atoms with Gasteiger partial charge in [0.2, 0.25) is 0 Å². The van der Waals surface area contributed by atoms with E-state index in [1.807, 2.05) is 48.5 Å². The normalized spacial score (nSPS) is 12.1. The van der Waals surface area contributed by atoms with E-state index in [1.165, 1.54) is 20.0 Å². The topological polar surface area (TPSA) is 20.2 Å². The monoisotopic (exact) mass is 424 g/mol. The summed E-state index contributed by atoms with van der Waals surface area (Å²) in [5, 5.41) is 11.7. The second kappa shape index (κ2) is 7.65. The average molecular weight is 424 g/mol. The van der Waals surface area contributed by atoms with Crippen LogP contribution in [-0.2, 0) is 0 Å². The molecule has 1 aromatic heterocycles. The van der Waals surface area contributed by atoms with E-state index in [2.05, 4.69) is 42.5 Å². The number of benzene rings is 3. The van der Waals surface area contributed by atoms with Gasteiger partial charge in [-0.3, -0.25) is 0 Å². The van der Waals surface area contributed by atoms with Crippen LogP contribution < -0.4 is 0 Å². The Morgan fingerprint density at radius 2 is 1.31 bits per heavy atom. The summed E-state index contributed by atoms with van der Waals surface area (Å²) in [6.07, 6.45) is -0.662. The molecule has 0 saturated carbocycles. The standard InChI is InChI=1S/C23H17ClOSe/c24-19-13-11-17(12-14-19)22(25)20-15-21(16-7-3-1-4-8-16)26-23(20)18-9-5-2-6-10-18/h1-15,22,25H. The molecule has 4 aromatic rings. The van der Waals surface area contributed by atoms with Crippen molar-refractivity contribution in [2.75, 3.05) is 0 Å². The van der Waals surface area contributed by atoms with Crippen molar-refractivity contribution in [3.8, 4) is 20.0 Å². The fourth-order valence-electron chi connectivity index (χ4n) is 2.99. The number of hydrogen-bond acceptors (Lipinski definition) is 1. The molecule has 1 N–H and O–H groups in total. The first-order valence-electron chi connectivity index (χ1n) is 8.40. The van der Waals surface area contributed by atoms with Crippen LogP contribution in [0.4, 0.5) is 0 Å². The Morgan fingerprint density at radius 3 is 1.92 bits per heavy atom. The maximum atomic E-state index is 11.1. The summed E-state index contributed by atoms with van der Waals surface area (Å²) in [5.74, 6) is 0. The van der Waals surface area contributed by atoms with Gasteiger partial charge in [-0.2, -0.15) is 0 Å². The third-order valence-electron chi connectivity index (χ3n) is 4.34. The first-order valence-corrected chi connectivity index (χ1v) is 10.5. The van der Waals surface area contributed by atoms with Crippen LogP contribution in [0.3, 0.4) is 0 Å². The maximum absolute atomic E-state index is 11.1. The molecule has 0 spiro atoms. The number of rotatable bonds is 4. The first-order chi connectivity index (χ1) is 12.7. The van der Waals surface area contributed by atoms with Gasteiger partial charge >= 0.3 is 164 Å². The molecular formula is C23H17ClOSe. The van der Waals surface area contributed by atoms with Crippen LogP contribution in [0.2, 0.25) is 5.02 Å². The van der Waals surface area contributed by atoms with Crippen molar-refractivity contribution in [1.29, 1.82) is 0 Å². The Bertz CT molecular complexity index is 992. The molecule has 3 aromatic carbocycles. The van der Waals surface area contributed by atoms with Gasteiger partial charge in [-0.15, -0.1) is 0 Å². The van der Waals surface area contributed by atoms with Gasteiger partial charge in [0.1, 0.15) is 0 Å². The van der Waals surface area contributed by atoms with E-state index in [4.69, 9.17) is 11.6 Å². The number of aliphatic hydroxyl groups is 1. The minimum absolute atomic E-state index is 0.144. The van der Waals surface area contributed by atoms with E-state index in [0.29, 0.717) is 5.02 Å². The zero-order chi connectivity index (χ0) is 17.9. The van der Waals surface area contributed by atoms with Crippen molar-refractivity contribution in [2.45, 2.75) is 6.10 Å². The molecule has 3 heteroatoms. The van der Waals surface area contributed by atoms with Gasteiger partial charge in [0, 0.05) is 0 Å². The Balaban J connectivity index is 1.84. The van der Waals surface area contributed by atoms with Crippen LogP contribution in [0.15, 0.2) is 91.0 Å². The Hall–Kier alpha value is -2.09. The van der Waals surface area contributed by atoms with E-state index >= 15 is 0 Å². The first kappa shape index (κ1) is 17.3. The fourth-order valence-corrected chi connectivity index (χ4v) is 5.64. The third kappa shape index (κ3) is 3.55. The molecule has 0 amide bonds. The molecule has 0 fully saturated rings. The van der Waals surface area contributed by atoms with Crippen LogP contribution in [0.5, 0.6) is 0 Å². The molecule has 4 rings (SSSR count). The predicted octanol–water partition coefficient (Wildman–Crippen LogP) is 5.81. The van der Waals surface area contributed by atoms with Crippen molar-refractivity contribution in [3.05, 3.63) is 107 Å². The Morgan fingerprint density at radius 1 is 0.731 bits per heavy atom. The van der Waals surface area contributed by atoms with Gasteiger partial charge in [-0.25, -0.2) is 0 Å². The predicted molar refractivity (Wildman–Crippen MR) is 110 cm³/mol. The minimum atomic E-state index is -0.662. The van der Waals surface area contributed by atoms with E-state index in [0.717, 1.165) is 11.1 Å². The van der Waals surface area contributed by atoms with Gasteiger partial charge < -0.3 is 0 Å². The zero-order valence-corrected chi connectivity index (χ0v) is 16.4. The molecular weight excluding hydrogens is 407 g/mol. The summed E-state index contributed by atoms with van der Waals surface area (Å²) in [4.78, 5) is 0. The van der Waals surface area contributed by atoms with Crippen LogP contribution in [0, 0.1) is 0 Å². The van der Waals surface area contributed by atoms with Gasteiger partial charge in [0.05, 0.1) is 0 Å². The van der Waals surface area contributed by atoms with E-state index < -0.39 is 6.10 Å². The summed E-state index contributed by atoms with van der Waals surface area (Å²) in [5.41, 5.74) is 4.24. The summed E-state index contributed by atoms with van der Waals surface area (Å²) >= 11 is 6.15. The third-order valence-corrected chi connectivity index (χ3v) is 7.21. The van der Waals surface area contributed by atoms with Crippen molar-refractivity contribution in [2.24, 2.45) is 0 Å². The number of halogens is 1. The molecule has 0 bridgehead atoms. The second-order valence-corrected chi connectivity index (χ2v) is 8.73. The molecule has 1 atom stereocenters. The summed E-state index contributed by atoms with van der Waals surface area (Å²) in [6.45, 7) is 0. The fraction of sp³-hybridized carbons (Fsp3) is 0.0435. The van der Waals surface area contributed by atoms with Gasteiger partial charge in [0.25, 0.3) is 0 Å². The molecule has 0 radical (unpaired) electrons. The van der Waals surface area contributed by atoms with Crippen molar-refractivity contribution < 1.29 is 5.11 Å². The molecule has 0 saturated heterocycles. The molecule has 26 heavy (non-hydrogen) atoms. The van der Waals surface area contributed by atoms with Crippen LogP contribution in [0.1, 0.15) is 17.2 Å². The van der Waals surface area contributed by atoms with Crippen molar-refractivity contribution >= 4 is 26.1 Å². The average Bonchev–Trinajstić information content (AvgIpc) is 3.15. The van der Waals surface area contributed by atoms with Gasteiger partial charge in [-0.1, -0.05) is 0 Å². The molecule has 0 aliphatic rings. The second-order valence-electron chi connectivity index (χ2n) is 6.08. The zero-order valence-electron chi connectivity index (χ0n) is 14.0. The number of aliphatic hydroxyl groups excluding tert-OH is 1. The molecule has 1 unspecified atom stereocenters. The van der Waals surface area contributed by atoms with E-state index in [1.54, 1.807) is 0 Å². The quantitative estimate of drug-likeness (QED) is 0.410. The SMILES string of the molecule is OC(c1ccc(Cl)cc1)c1cc(-c2ccccc2)[se]c1-c1ccccc1. The molecule has 0 aliphatic heterocycles. The molecule has 1 nitrogen and oxygen atoms in total. The molecule has 1 heterocycles. The van der Waals surface area contributed by atoms with Crippen molar-refractivity contribution in [1.82, 2.24) is 0 Å². The van der Waals surface area contributed by atoms with Crippen LogP contribution >= 0.6 is 11.6 Å². The molecule has 0 aliphatic carbocycles. The van der Waals surface area contributed by atoms with Crippen LogP contribution in [-0.4, -0.2) is 19.6 Å². The van der Waals surface area contributed by atoms with E-state index in [9.17, 15) is 5.11 Å². The van der Waals surface area contributed by atoms with Crippen LogP contribution in [0.25, 0.3) is 20.0 Å². The molecule has 128 valence electrons. The van der Waals surface area contributed by atoms with Gasteiger partial charge in [0.15, 0.2) is 0 Å². The number of hydrogen-bond donors (Lipinski definition) is 1. The Labute approximate surface area is 164 Å². The summed E-state index contributed by atoms with van der Waals surface area (Å²) < 4.78 is 2.53.